The van der Waals surface area contributed by atoms with Gasteiger partial charge in [0.15, 0.2) is 0 Å². The van der Waals surface area contributed by atoms with Crippen molar-refractivity contribution in [2.24, 2.45) is 0 Å². The summed E-state index contributed by atoms with van der Waals surface area (Å²) in [7, 11) is 0. The van der Waals surface area contributed by atoms with Gasteiger partial charge in [0.2, 0.25) is 0 Å². The zero-order valence-corrected chi connectivity index (χ0v) is 12.2. The molecule has 1 aliphatic heterocycles. The lowest BCUT2D eigenvalue weighted by Gasteiger charge is -2.09. The summed E-state index contributed by atoms with van der Waals surface area (Å²) in [5, 5.41) is 0.998. The highest BCUT2D eigenvalue weighted by Gasteiger charge is 2.32. The second kappa shape index (κ2) is 4.51. The maximum atomic E-state index is 11.6. The maximum absolute atomic E-state index is 11.6. The van der Waals surface area contributed by atoms with Crippen molar-refractivity contribution in [3.05, 3.63) is 51.4 Å². The summed E-state index contributed by atoms with van der Waals surface area (Å²) < 4.78 is 11.4. The van der Waals surface area contributed by atoms with Crippen LogP contribution in [0, 0.1) is 13.8 Å². The number of ether oxygens (including phenoxy) is 1. The molecule has 1 aromatic carbocycles. The second-order valence-electron chi connectivity index (χ2n) is 5.44. The van der Waals surface area contributed by atoms with Crippen LogP contribution in [-0.2, 0) is 0 Å². The molecule has 0 N–H and O–H groups in total. The fourth-order valence-electron chi connectivity index (χ4n) is 2.92. The van der Waals surface area contributed by atoms with E-state index >= 15 is 0 Å². The van der Waals surface area contributed by atoms with Crippen molar-refractivity contribution < 1.29 is 9.15 Å². The Morgan fingerprint density at radius 3 is 2.70 bits per heavy atom. The summed E-state index contributed by atoms with van der Waals surface area (Å²) in [6, 6.07) is 3.64. The lowest BCUT2D eigenvalue weighted by Crippen LogP contribution is -2.12. The molecular formula is C17H18O3. The summed E-state index contributed by atoms with van der Waals surface area (Å²) in [4.78, 5) is 11.6. The summed E-state index contributed by atoms with van der Waals surface area (Å²) in [5.41, 5.74) is 3.38. The number of benzene rings is 1. The minimum absolute atomic E-state index is 0.0533. The van der Waals surface area contributed by atoms with E-state index in [1.807, 2.05) is 26.8 Å². The minimum atomic E-state index is -0.311. The fourth-order valence-corrected chi connectivity index (χ4v) is 2.92. The van der Waals surface area contributed by atoms with Crippen LogP contribution in [0.3, 0.4) is 0 Å². The van der Waals surface area contributed by atoms with E-state index in [-0.39, 0.29) is 11.7 Å². The van der Waals surface area contributed by atoms with Crippen molar-refractivity contribution in [1.29, 1.82) is 0 Å². The van der Waals surface area contributed by atoms with E-state index in [1.54, 1.807) is 0 Å². The molecule has 3 nitrogen and oxygen atoms in total. The van der Waals surface area contributed by atoms with Gasteiger partial charge in [-0.3, -0.25) is 0 Å². The third-order valence-electron chi connectivity index (χ3n) is 4.07. The first-order valence-corrected chi connectivity index (χ1v) is 6.90. The Morgan fingerprint density at radius 2 is 2.00 bits per heavy atom. The maximum Gasteiger partial charge on any atom is 0.336 e. The molecule has 3 rings (SSSR count). The van der Waals surface area contributed by atoms with E-state index in [0.717, 1.165) is 22.3 Å². The van der Waals surface area contributed by atoms with Crippen LogP contribution in [0.25, 0.3) is 11.0 Å². The largest absolute Gasteiger partial charge is 0.485 e. The predicted octanol–water partition coefficient (Wildman–Crippen LogP) is 3.85. The van der Waals surface area contributed by atoms with Crippen molar-refractivity contribution in [1.82, 2.24) is 0 Å². The normalized spacial score (nSPS) is 21.4. The SMILES string of the molecule is C/C=C/[C@H]1Oc2c(cc3c(C)cc(=O)oc3c2C)[C@@H]1C. The van der Waals surface area contributed by atoms with Crippen LogP contribution in [0.2, 0.25) is 0 Å². The van der Waals surface area contributed by atoms with Crippen molar-refractivity contribution in [2.75, 3.05) is 0 Å². The highest BCUT2D eigenvalue weighted by Crippen LogP contribution is 2.44. The van der Waals surface area contributed by atoms with Gasteiger partial charge < -0.3 is 9.15 Å². The first-order valence-electron chi connectivity index (χ1n) is 6.90. The highest BCUT2D eigenvalue weighted by molar-refractivity contribution is 5.86. The van der Waals surface area contributed by atoms with Crippen LogP contribution in [-0.4, -0.2) is 6.10 Å². The topological polar surface area (TPSA) is 39.4 Å². The molecule has 3 heteroatoms. The molecule has 2 heterocycles. The van der Waals surface area contributed by atoms with Gasteiger partial charge in [0, 0.05) is 28.5 Å². The van der Waals surface area contributed by atoms with Gasteiger partial charge in [-0.1, -0.05) is 13.0 Å². The third-order valence-corrected chi connectivity index (χ3v) is 4.07. The molecule has 0 radical (unpaired) electrons. The molecule has 2 aromatic rings. The number of hydrogen-bond acceptors (Lipinski definition) is 3. The molecule has 104 valence electrons. The molecule has 1 aromatic heterocycles. The van der Waals surface area contributed by atoms with Crippen LogP contribution in [0.5, 0.6) is 5.75 Å². The first kappa shape index (κ1) is 13.0. The molecule has 20 heavy (non-hydrogen) atoms. The number of allylic oxidation sites excluding steroid dienone is 1. The van der Waals surface area contributed by atoms with E-state index in [0.29, 0.717) is 11.5 Å². The van der Waals surface area contributed by atoms with Gasteiger partial charge >= 0.3 is 5.63 Å². The Morgan fingerprint density at radius 1 is 1.25 bits per heavy atom. The minimum Gasteiger partial charge on any atom is -0.485 e. The molecule has 0 saturated carbocycles. The Balaban J connectivity index is 2.30. The molecule has 2 atom stereocenters. The van der Waals surface area contributed by atoms with Gasteiger partial charge in [0.05, 0.1) is 0 Å². The molecule has 1 aliphatic rings. The Kier molecular flexibility index (Phi) is 2.93. The van der Waals surface area contributed by atoms with Crippen molar-refractivity contribution in [3.8, 4) is 5.75 Å². The first-order chi connectivity index (χ1) is 9.52. The van der Waals surface area contributed by atoms with Gasteiger partial charge in [-0.15, -0.1) is 0 Å². The van der Waals surface area contributed by atoms with Crippen LogP contribution in [0.4, 0.5) is 0 Å². The van der Waals surface area contributed by atoms with Crippen LogP contribution in [0.1, 0.15) is 36.5 Å². The summed E-state index contributed by atoms with van der Waals surface area (Å²) in [6.45, 7) is 8.05. The monoisotopic (exact) mass is 270 g/mol. The third kappa shape index (κ3) is 1.77. The van der Waals surface area contributed by atoms with Gasteiger partial charge in [-0.2, -0.15) is 0 Å². The molecular weight excluding hydrogens is 252 g/mol. The van der Waals surface area contributed by atoms with Gasteiger partial charge in [-0.25, -0.2) is 4.79 Å². The molecule has 0 fully saturated rings. The Hall–Kier alpha value is -2.03. The van der Waals surface area contributed by atoms with Crippen molar-refractivity contribution >= 4 is 11.0 Å². The van der Waals surface area contributed by atoms with E-state index in [4.69, 9.17) is 9.15 Å². The van der Waals surface area contributed by atoms with E-state index in [9.17, 15) is 4.79 Å². The lowest BCUT2D eigenvalue weighted by atomic mass is 9.93. The zero-order chi connectivity index (χ0) is 14.4. The van der Waals surface area contributed by atoms with E-state index in [2.05, 4.69) is 19.1 Å². The standard InChI is InChI=1S/C17H18O3/c1-5-6-14-10(3)13-8-12-9(2)7-15(18)20-16(12)11(4)17(13)19-14/h5-8,10,14H,1-4H3/b6-5+/t10-,14+/m0/s1. The summed E-state index contributed by atoms with van der Waals surface area (Å²) in [5.74, 6) is 1.16. The molecule has 0 bridgehead atoms. The molecule has 0 amide bonds. The van der Waals surface area contributed by atoms with Gasteiger partial charge in [0.25, 0.3) is 0 Å². The van der Waals surface area contributed by atoms with Crippen LogP contribution < -0.4 is 10.4 Å². The second-order valence-corrected chi connectivity index (χ2v) is 5.44. The average Bonchev–Trinajstić information content (AvgIpc) is 2.70. The Bertz CT molecular complexity index is 768. The number of aryl methyl sites for hydroxylation is 2. The molecule has 0 aliphatic carbocycles. The van der Waals surface area contributed by atoms with Crippen molar-refractivity contribution in [2.45, 2.75) is 39.7 Å². The average molecular weight is 270 g/mol. The quantitative estimate of drug-likeness (QED) is 0.583. The number of fused-ring (bicyclic) bond motifs is 2. The van der Waals surface area contributed by atoms with Crippen LogP contribution in [0.15, 0.2) is 33.5 Å². The van der Waals surface area contributed by atoms with E-state index < -0.39 is 0 Å². The number of rotatable bonds is 1. The lowest BCUT2D eigenvalue weighted by molar-refractivity contribution is 0.260. The summed E-state index contributed by atoms with van der Waals surface area (Å²) >= 11 is 0. The molecule has 0 unspecified atom stereocenters. The smallest absolute Gasteiger partial charge is 0.336 e. The highest BCUT2D eigenvalue weighted by atomic mass is 16.5. The molecule has 0 spiro atoms. The van der Waals surface area contributed by atoms with Crippen molar-refractivity contribution in [3.63, 3.8) is 0 Å². The fraction of sp³-hybridized carbons (Fsp3) is 0.353. The summed E-state index contributed by atoms with van der Waals surface area (Å²) in [6.07, 6.45) is 4.13. The van der Waals surface area contributed by atoms with Crippen LogP contribution >= 0.6 is 0 Å². The predicted molar refractivity (Wildman–Crippen MR) is 79.6 cm³/mol. The Labute approximate surface area is 117 Å². The van der Waals surface area contributed by atoms with Gasteiger partial charge in [-0.05, 0) is 38.5 Å². The number of hydrogen-bond donors (Lipinski definition) is 0. The molecule has 0 saturated heterocycles. The van der Waals surface area contributed by atoms with Gasteiger partial charge in [0.1, 0.15) is 17.4 Å². The zero-order valence-electron chi connectivity index (χ0n) is 12.2. The van der Waals surface area contributed by atoms with E-state index in [1.165, 1.54) is 11.6 Å².